The third-order valence-electron chi connectivity index (χ3n) is 3.68. The summed E-state index contributed by atoms with van der Waals surface area (Å²) in [6.07, 6.45) is 0.459. The third kappa shape index (κ3) is 3.22. The Balaban J connectivity index is 2.04. The van der Waals surface area contributed by atoms with E-state index in [-0.39, 0.29) is 5.56 Å². The minimum Gasteiger partial charge on any atom is -0.480 e. The van der Waals surface area contributed by atoms with Gasteiger partial charge in [-0.2, -0.15) is 0 Å². The van der Waals surface area contributed by atoms with E-state index in [0.29, 0.717) is 21.8 Å². The van der Waals surface area contributed by atoms with E-state index < -0.39 is 11.2 Å². The van der Waals surface area contributed by atoms with Crippen molar-refractivity contribution in [2.45, 2.75) is 30.7 Å². The minimum absolute atomic E-state index is 0.237. The van der Waals surface area contributed by atoms with Crippen LogP contribution in [0.3, 0.4) is 0 Å². The summed E-state index contributed by atoms with van der Waals surface area (Å²) in [6, 6.07) is 7.97. The lowest BCUT2D eigenvalue weighted by Crippen LogP contribution is -2.17. The lowest BCUT2D eigenvalue weighted by Gasteiger charge is -2.08. The lowest BCUT2D eigenvalue weighted by molar-refractivity contribution is -0.136. The summed E-state index contributed by atoms with van der Waals surface area (Å²) in [7, 11) is 0. The van der Waals surface area contributed by atoms with Crippen molar-refractivity contribution in [2.75, 3.05) is 0 Å². The van der Waals surface area contributed by atoms with E-state index in [4.69, 9.17) is 5.11 Å². The van der Waals surface area contributed by atoms with Gasteiger partial charge in [-0.05, 0) is 18.9 Å². The zero-order valence-electron chi connectivity index (χ0n) is 13.2. The van der Waals surface area contributed by atoms with Gasteiger partial charge < -0.3 is 10.1 Å². The summed E-state index contributed by atoms with van der Waals surface area (Å²) >= 11 is 2.47. The molecule has 0 spiro atoms. The molecule has 0 aliphatic carbocycles. The lowest BCUT2D eigenvalue weighted by atomic mass is 10.1. The van der Waals surface area contributed by atoms with Gasteiger partial charge in [0.25, 0.3) is 5.56 Å². The molecule has 2 N–H and O–H groups in total. The van der Waals surface area contributed by atoms with Crippen molar-refractivity contribution < 1.29 is 9.90 Å². The Hall–Kier alpha value is -2.12. The van der Waals surface area contributed by atoms with E-state index in [1.54, 1.807) is 6.92 Å². The van der Waals surface area contributed by atoms with E-state index >= 15 is 0 Å². The normalized spacial score (nSPS) is 12.4. The number of thiophene rings is 1. The standard InChI is InChI=1S/C17H16N2O3S2/c1-3-12(16(21)22)24-17-18-14(20)13-11(8-23-15(13)19-17)10-6-4-9(2)5-7-10/h4-8,12H,3H2,1-2H3,(H,21,22)(H,18,19,20)/t12-/m1/s1. The summed E-state index contributed by atoms with van der Waals surface area (Å²) in [6.45, 7) is 3.81. The number of carboxylic acids is 1. The highest BCUT2D eigenvalue weighted by Crippen LogP contribution is 2.32. The average molecular weight is 360 g/mol. The maximum atomic E-state index is 12.5. The molecule has 0 fully saturated rings. The maximum absolute atomic E-state index is 12.5. The zero-order valence-corrected chi connectivity index (χ0v) is 14.8. The first kappa shape index (κ1) is 16.7. The van der Waals surface area contributed by atoms with Crippen LogP contribution in [0.25, 0.3) is 21.3 Å². The van der Waals surface area contributed by atoms with Crippen molar-refractivity contribution in [3.63, 3.8) is 0 Å². The molecule has 0 bridgehead atoms. The Labute approximate surface area is 146 Å². The highest BCUT2D eigenvalue weighted by molar-refractivity contribution is 8.00. The van der Waals surface area contributed by atoms with Crippen LogP contribution >= 0.6 is 23.1 Å². The minimum atomic E-state index is -0.906. The molecule has 2 heterocycles. The number of carbonyl (C=O) groups is 1. The van der Waals surface area contributed by atoms with Crippen molar-refractivity contribution in [1.29, 1.82) is 0 Å². The first-order chi connectivity index (χ1) is 11.5. The summed E-state index contributed by atoms with van der Waals surface area (Å²) < 4.78 is 0. The molecule has 0 amide bonds. The van der Waals surface area contributed by atoms with Crippen LogP contribution in [0, 0.1) is 6.92 Å². The third-order valence-corrected chi connectivity index (χ3v) is 5.79. The molecule has 1 aromatic carbocycles. The van der Waals surface area contributed by atoms with Gasteiger partial charge in [0.15, 0.2) is 5.16 Å². The number of rotatable bonds is 5. The van der Waals surface area contributed by atoms with Gasteiger partial charge in [-0.1, -0.05) is 48.5 Å². The van der Waals surface area contributed by atoms with Crippen molar-refractivity contribution in [3.05, 3.63) is 45.6 Å². The fraction of sp³-hybridized carbons (Fsp3) is 0.235. The fourth-order valence-corrected chi connectivity index (χ4v) is 4.21. The van der Waals surface area contributed by atoms with Crippen LogP contribution in [0.5, 0.6) is 0 Å². The number of carboxylic acid groups (broad SMARTS) is 1. The predicted octanol–water partition coefficient (Wildman–Crippen LogP) is 3.92. The molecule has 124 valence electrons. The number of hydrogen-bond donors (Lipinski definition) is 2. The van der Waals surface area contributed by atoms with Crippen molar-refractivity contribution in [1.82, 2.24) is 9.97 Å². The van der Waals surface area contributed by atoms with Gasteiger partial charge >= 0.3 is 5.97 Å². The first-order valence-electron chi connectivity index (χ1n) is 7.47. The number of benzene rings is 1. The molecule has 0 aliphatic rings. The molecule has 7 heteroatoms. The molecule has 24 heavy (non-hydrogen) atoms. The molecule has 0 radical (unpaired) electrons. The van der Waals surface area contributed by atoms with Gasteiger partial charge in [-0.15, -0.1) is 11.3 Å². The molecule has 2 aromatic heterocycles. The SMILES string of the molecule is CC[C@@H](Sc1nc2scc(-c3ccc(C)cc3)c2c(=O)[nH]1)C(=O)O. The zero-order chi connectivity index (χ0) is 17.3. The number of fused-ring (bicyclic) bond motifs is 1. The Kier molecular flexibility index (Phi) is 4.73. The van der Waals surface area contributed by atoms with E-state index in [2.05, 4.69) is 9.97 Å². The van der Waals surface area contributed by atoms with Crippen LogP contribution in [0.4, 0.5) is 0 Å². The molecule has 0 unspecified atom stereocenters. The second-order valence-corrected chi connectivity index (χ2v) is 7.47. The van der Waals surface area contributed by atoms with Crippen LogP contribution < -0.4 is 5.56 Å². The Morgan fingerprint density at radius 1 is 1.38 bits per heavy atom. The number of nitrogens with zero attached hydrogens (tertiary/aromatic N) is 1. The summed E-state index contributed by atoms with van der Waals surface area (Å²) in [5.74, 6) is -0.906. The second kappa shape index (κ2) is 6.78. The van der Waals surface area contributed by atoms with E-state index in [9.17, 15) is 9.59 Å². The van der Waals surface area contributed by atoms with Crippen molar-refractivity contribution in [3.8, 4) is 11.1 Å². The highest BCUT2D eigenvalue weighted by Gasteiger charge is 2.19. The first-order valence-corrected chi connectivity index (χ1v) is 9.23. The number of aromatic nitrogens is 2. The molecular formula is C17H16N2O3S2. The Bertz CT molecular complexity index is 945. The van der Waals surface area contributed by atoms with E-state index in [1.807, 2.05) is 36.6 Å². The number of aryl methyl sites for hydroxylation is 1. The second-order valence-electron chi connectivity index (χ2n) is 5.42. The van der Waals surface area contributed by atoms with Gasteiger partial charge in [0.05, 0.1) is 5.39 Å². The number of nitrogens with one attached hydrogen (secondary N) is 1. The molecule has 1 atom stereocenters. The van der Waals surface area contributed by atoms with Crippen LogP contribution in [0.2, 0.25) is 0 Å². The van der Waals surface area contributed by atoms with E-state index in [1.165, 1.54) is 11.3 Å². The van der Waals surface area contributed by atoms with Gasteiger partial charge in [-0.3, -0.25) is 9.59 Å². The van der Waals surface area contributed by atoms with Crippen LogP contribution in [-0.2, 0) is 4.79 Å². The van der Waals surface area contributed by atoms with Crippen LogP contribution in [0.15, 0.2) is 39.6 Å². The fourth-order valence-electron chi connectivity index (χ4n) is 2.37. The van der Waals surface area contributed by atoms with Gasteiger partial charge in [-0.25, -0.2) is 4.98 Å². The molecule has 3 rings (SSSR count). The molecule has 3 aromatic rings. The summed E-state index contributed by atoms with van der Waals surface area (Å²) in [5, 5.41) is 11.3. The summed E-state index contributed by atoms with van der Waals surface area (Å²) in [4.78, 5) is 31.4. The quantitative estimate of drug-likeness (QED) is 0.532. The molecular weight excluding hydrogens is 344 g/mol. The highest BCUT2D eigenvalue weighted by atomic mass is 32.2. The number of thioether (sulfide) groups is 1. The van der Waals surface area contributed by atoms with Gasteiger partial charge in [0.2, 0.25) is 0 Å². The smallest absolute Gasteiger partial charge is 0.317 e. The van der Waals surface area contributed by atoms with Crippen LogP contribution in [0.1, 0.15) is 18.9 Å². The topological polar surface area (TPSA) is 83.0 Å². The maximum Gasteiger partial charge on any atom is 0.317 e. The molecule has 0 saturated carbocycles. The van der Waals surface area contributed by atoms with Crippen LogP contribution in [-0.4, -0.2) is 26.3 Å². The van der Waals surface area contributed by atoms with Gasteiger partial charge in [0.1, 0.15) is 10.1 Å². The Morgan fingerprint density at radius 3 is 2.71 bits per heavy atom. The molecule has 0 aliphatic heterocycles. The average Bonchev–Trinajstić information content (AvgIpc) is 2.97. The monoisotopic (exact) mass is 360 g/mol. The van der Waals surface area contributed by atoms with Crippen molar-refractivity contribution in [2.24, 2.45) is 0 Å². The Morgan fingerprint density at radius 2 is 2.08 bits per heavy atom. The molecule has 5 nitrogen and oxygen atoms in total. The van der Waals surface area contributed by atoms with Crippen molar-refractivity contribution >= 4 is 39.3 Å². The largest absolute Gasteiger partial charge is 0.480 e. The number of H-pyrrole nitrogens is 1. The molecule has 0 saturated heterocycles. The van der Waals surface area contributed by atoms with E-state index in [0.717, 1.165) is 28.5 Å². The summed E-state index contributed by atoms with van der Waals surface area (Å²) in [5.41, 5.74) is 2.74. The number of aromatic amines is 1. The predicted molar refractivity (Wildman–Crippen MR) is 98.0 cm³/mol. The van der Waals surface area contributed by atoms with Gasteiger partial charge in [0, 0.05) is 10.9 Å². The number of hydrogen-bond acceptors (Lipinski definition) is 5. The number of aliphatic carboxylic acids is 1.